The van der Waals surface area contributed by atoms with Crippen molar-refractivity contribution in [3.05, 3.63) is 35.4 Å². The summed E-state index contributed by atoms with van der Waals surface area (Å²) >= 11 is 0. The lowest BCUT2D eigenvalue weighted by atomic mass is 10.1. The number of nitrogens with zero attached hydrogens (tertiary/aromatic N) is 2. The molecule has 1 unspecified atom stereocenters. The highest BCUT2D eigenvalue weighted by atomic mass is 16.4. The molecule has 1 heterocycles. The molecule has 17 heavy (non-hydrogen) atoms. The molecular weight excluding hydrogens is 214 g/mol. The van der Waals surface area contributed by atoms with E-state index in [2.05, 4.69) is 17.0 Å². The van der Waals surface area contributed by atoms with Gasteiger partial charge in [0.2, 0.25) is 0 Å². The number of rotatable bonds is 3. The molecule has 92 valence electrons. The Balaban J connectivity index is 2.20. The second kappa shape index (κ2) is 5.19. The van der Waals surface area contributed by atoms with Crippen LogP contribution in [0.5, 0.6) is 0 Å². The van der Waals surface area contributed by atoms with Gasteiger partial charge in [-0.1, -0.05) is 29.4 Å². The molecule has 0 radical (unpaired) electrons. The Bertz CT molecular complexity index is 417. The van der Waals surface area contributed by atoms with Gasteiger partial charge in [-0.2, -0.15) is 0 Å². The molecule has 4 heteroatoms. The van der Waals surface area contributed by atoms with E-state index in [0.717, 1.165) is 24.2 Å². The van der Waals surface area contributed by atoms with Gasteiger partial charge in [0.25, 0.3) is 0 Å². The van der Waals surface area contributed by atoms with Crippen LogP contribution < -0.4 is 5.73 Å². The van der Waals surface area contributed by atoms with Gasteiger partial charge in [0.15, 0.2) is 5.84 Å². The van der Waals surface area contributed by atoms with Crippen LogP contribution >= 0.6 is 0 Å². The molecule has 1 aromatic carbocycles. The number of hydrogen-bond donors (Lipinski definition) is 2. The lowest BCUT2D eigenvalue weighted by Crippen LogP contribution is -2.27. The molecule has 1 aliphatic heterocycles. The summed E-state index contributed by atoms with van der Waals surface area (Å²) in [6.45, 7) is 4.25. The summed E-state index contributed by atoms with van der Waals surface area (Å²) in [7, 11) is 0. The predicted octanol–water partition coefficient (Wildman–Crippen LogP) is 1.77. The third-order valence-electron chi connectivity index (χ3n) is 3.47. The highest BCUT2D eigenvalue weighted by Gasteiger charge is 2.21. The molecule has 1 atom stereocenters. The van der Waals surface area contributed by atoms with Crippen molar-refractivity contribution in [2.24, 2.45) is 10.9 Å². The standard InChI is InChI=1S/C13H19N3O/c1-10-5-4-8-16(10)9-11-6-2-3-7-12(11)13(14)15-17/h2-3,6-7,10,17H,4-5,8-9H2,1H3,(H2,14,15). The maximum atomic E-state index is 8.77. The van der Waals surface area contributed by atoms with Crippen LogP contribution in [0.3, 0.4) is 0 Å². The number of benzene rings is 1. The van der Waals surface area contributed by atoms with E-state index in [4.69, 9.17) is 10.9 Å². The van der Waals surface area contributed by atoms with Crippen molar-refractivity contribution in [3.8, 4) is 0 Å². The molecule has 0 aliphatic carbocycles. The van der Waals surface area contributed by atoms with Gasteiger partial charge in [-0.3, -0.25) is 4.90 Å². The fourth-order valence-corrected chi connectivity index (χ4v) is 2.41. The summed E-state index contributed by atoms with van der Waals surface area (Å²) in [5.41, 5.74) is 7.64. The van der Waals surface area contributed by atoms with Crippen LogP contribution in [0.1, 0.15) is 30.9 Å². The molecule has 1 fully saturated rings. The van der Waals surface area contributed by atoms with Crippen LogP contribution in [0.25, 0.3) is 0 Å². The van der Waals surface area contributed by atoms with E-state index in [0.29, 0.717) is 6.04 Å². The zero-order chi connectivity index (χ0) is 12.3. The second-order valence-corrected chi connectivity index (χ2v) is 4.60. The van der Waals surface area contributed by atoms with Crippen molar-refractivity contribution in [2.45, 2.75) is 32.4 Å². The molecule has 1 aromatic rings. The zero-order valence-electron chi connectivity index (χ0n) is 10.1. The minimum atomic E-state index is 0.187. The van der Waals surface area contributed by atoms with E-state index < -0.39 is 0 Å². The molecule has 0 saturated carbocycles. The van der Waals surface area contributed by atoms with E-state index in [1.165, 1.54) is 12.8 Å². The van der Waals surface area contributed by atoms with Crippen molar-refractivity contribution in [2.75, 3.05) is 6.54 Å². The second-order valence-electron chi connectivity index (χ2n) is 4.60. The summed E-state index contributed by atoms with van der Waals surface area (Å²) in [5, 5.41) is 11.9. The molecule has 0 amide bonds. The highest BCUT2D eigenvalue weighted by Crippen LogP contribution is 2.20. The van der Waals surface area contributed by atoms with E-state index in [1.807, 2.05) is 24.3 Å². The van der Waals surface area contributed by atoms with Crippen molar-refractivity contribution in [1.29, 1.82) is 0 Å². The molecule has 0 spiro atoms. The fraction of sp³-hybridized carbons (Fsp3) is 0.462. The van der Waals surface area contributed by atoms with Crippen LogP contribution in [-0.4, -0.2) is 28.5 Å². The largest absolute Gasteiger partial charge is 0.409 e. The van der Waals surface area contributed by atoms with E-state index >= 15 is 0 Å². The SMILES string of the molecule is CC1CCCN1Cc1ccccc1/C(N)=N/O. The topological polar surface area (TPSA) is 61.8 Å². The third-order valence-corrected chi connectivity index (χ3v) is 3.47. The number of likely N-dealkylation sites (tertiary alicyclic amines) is 1. The van der Waals surface area contributed by atoms with Crippen LogP contribution in [0, 0.1) is 0 Å². The molecule has 0 bridgehead atoms. The average Bonchev–Trinajstić information content (AvgIpc) is 2.75. The highest BCUT2D eigenvalue weighted by molar-refractivity contribution is 5.98. The van der Waals surface area contributed by atoms with Crippen molar-refractivity contribution >= 4 is 5.84 Å². The molecule has 3 N–H and O–H groups in total. The maximum Gasteiger partial charge on any atom is 0.170 e. The van der Waals surface area contributed by atoms with Crippen LogP contribution in [-0.2, 0) is 6.54 Å². The molecule has 2 rings (SSSR count). The first-order valence-corrected chi connectivity index (χ1v) is 6.02. The lowest BCUT2D eigenvalue weighted by molar-refractivity contribution is 0.260. The van der Waals surface area contributed by atoms with Gasteiger partial charge < -0.3 is 10.9 Å². The molecule has 1 saturated heterocycles. The Labute approximate surface area is 102 Å². The molecular formula is C13H19N3O. The summed E-state index contributed by atoms with van der Waals surface area (Å²) in [6.07, 6.45) is 2.51. The van der Waals surface area contributed by atoms with Gasteiger partial charge in [0, 0.05) is 18.2 Å². The van der Waals surface area contributed by atoms with Gasteiger partial charge in [-0.15, -0.1) is 0 Å². The summed E-state index contributed by atoms with van der Waals surface area (Å²) < 4.78 is 0. The molecule has 4 nitrogen and oxygen atoms in total. The van der Waals surface area contributed by atoms with Crippen LogP contribution in [0.2, 0.25) is 0 Å². The van der Waals surface area contributed by atoms with Crippen molar-refractivity contribution in [3.63, 3.8) is 0 Å². The number of hydrogen-bond acceptors (Lipinski definition) is 3. The number of oxime groups is 1. The Hall–Kier alpha value is -1.55. The first kappa shape index (κ1) is 11.9. The monoisotopic (exact) mass is 233 g/mol. The minimum absolute atomic E-state index is 0.187. The summed E-state index contributed by atoms with van der Waals surface area (Å²) in [6, 6.07) is 8.45. The van der Waals surface area contributed by atoms with Gasteiger partial charge in [-0.25, -0.2) is 0 Å². The average molecular weight is 233 g/mol. The predicted molar refractivity (Wildman–Crippen MR) is 68.1 cm³/mol. The van der Waals surface area contributed by atoms with Gasteiger partial charge >= 0.3 is 0 Å². The molecule has 1 aliphatic rings. The number of amidine groups is 1. The Morgan fingerprint density at radius 2 is 2.29 bits per heavy atom. The van der Waals surface area contributed by atoms with Gasteiger partial charge in [0.1, 0.15) is 0 Å². The smallest absolute Gasteiger partial charge is 0.170 e. The van der Waals surface area contributed by atoms with E-state index in [-0.39, 0.29) is 5.84 Å². The van der Waals surface area contributed by atoms with E-state index in [9.17, 15) is 0 Å². The first-order chi connectivity index (χ1) is 8.22. The Kier molecular flexibility index (Phi) is 3.64. The van der Waals surface area contributed by atoms with Crippen LogP contribution in [0.15, 0.2) is 29.4 Å². The molecule has 0 aromatic heterocycles. The zero-order valence-corrected chi connectivity index (χ0v) is 10.1. The van der Waals surface area contributed by atoms with Gasteiger partial charge in [-0.05, 0) is 31.9 Å². The van der Waals surface area contributed by atoms with Gasteiger partial charge in [0.05, 0.1) is 0 Å². The normalized spacial score (nSPS) is 21.9. The maximum absolute atomic E-state index is 8.77. The third kappa shape index (κ3) is 2.58. The summed E-state index contributed by atoms with van der Waals surface area (Å²) in [5.74, 6) is 0.187. The Morgan fingerprint density at radius 1 is 1.53 bits per heavy atom. The summed E-state index contributed by atoms with van der Waals surface area (Å²) in [4.78, 5) is 2.43. The van der Waals surface area contributed by atoms with E-state index in [1.54, 1.807) is 0 Å². The van der Waals surface area contributed by atoms with Crippen LogP contribution in [0.4, 0.5) is 0 Å². The number of nitrogens with two attached hydrogens (primary N) is 1. The quantitative estimate of drug-likeness (QED) is 0.362. The first-order valence-electron chi connectivity index (χ1n) is 6.02. The Morgan fingerprint density at radius 3 is 2.94 bits per heavy atom. The lowest BCUT2D eigenvalue weighted by Gasteiger charge is -2.22. The fourth-order valence-electron chi connectivity index (χ4n) is 2.41. The minimum Gasteiger partial charge on any atom is -0.409 e. The van der Waals surface area contributed by atoms with Crippen molar-refractivity contribution in [1.82, 2.24) is 4.90 Å². The van der Waals surface area contributed by atoms with Crippen molar-refractivity contribution < 1.29 is 5.21 Å².